The Labute approximate surface area is 177 Å². The summed E-state index contributed by atoms with van der Waals surface area (Å²) in [5.74, 6) is 0.968. The molecule has 2 amide bonds. The van der Waals surface area contributed by atoms with Gasteiger partial charge in [-0.25, -0.2) is 0 Å². The Hall–Kier alpha value is -2.64. The lowest BCUT2D eigenvalue weighted by molar-refractivity contribution is 0.0695. The van der Waals surface area contributed by atoms with Crippen LogP contribution < -0.4 is 0 Å². The van der Waals surface area contributed by atoms with Gasteiger partial charge in [-0.15, -0.1) is 0 Å². The second-order valence-electron chi connectivity index (χ2n) is 8.40. The van der Waals surface area contributed by atoms with E-state index in [0.29, 0.717) is 24.3 Å². The molecule has 0 aromatic carbocycles. The molecule has 4 rings (SSSR count). The van der Waals surface area contributed by atoms with Gasteiger partial charge < -0.3 is 14.3 Å². The minimum atomic E-state index is -0.0787. The molecule has 2 aromatic heterocycles. The summed E-state index contributed by atoms with van der Waals surface area (Å²) in [4.78, 5) is 29.6. The number of aromatic amines is 1. The third-order valence-electron chi connectivity index (χ3n) is 6.26. The Morgan fingerprint density at radius 3 is 2.47 bits per heavy atom. The van der Waals surface area contributed by atoms with Crippen molar-refractivity contribution < 1.29 is 14.1 Å². The monoisotopic (exact) mass is 413 g/mol. The lowest BCUT2D eigenvalue weighted by atomic mass is 9.91. The second kappa shape index (κ2) is 9.45. The van der Waals surface area contributed by atoms with E-state index in [4.69, 9.17) is 4.52 Å². The number of aryl methyl sites for hydroxylation is 1. The van der Waals surface area contributed by atoms with E-state index in [-0.39, 0.29) is 17.7 Å². The summed E-state index contributed by atoms with van der Waals surface area (Å²) in [6.07, 6.45) is 9.54. The molecule has 2 aliphatic heterocycles. The van der Waals surface area contributed by atoms with E-state index >= 15 is 0 Å². The molecule has 0 bridgehead atoms. The Morgan fingerprint density at radius 1 is 1.07 bits per heavy atom. The molecule has 0 saturated carbocycles. The van der Waals surface area contributed by atoms with Gasteiger partial charge in [0.25, 0.3) is 11.8 Å². The summed E-state index contributed by atoms with van der Waals surface area (Å²) in [5, 5.41) is 11.2. The van der Waals surface area contributed by atoms with E-state index in [0.717, 1.165) is 63.1 Å². The first-order chi connectivity index (χ1) is 14.7. The van der Waals surface area contributed by atoms with Crippen molar-refractivity contribution in [2.24, 2.45) is 0 Å². The molecular weight excluding hydrogens is 382 g/mol. The third kappa shape index (κ3) is 4.42. The highest BCUT2D eigenvalue weighted by atomic mass is 16.5. The third-order valence-corrected chi connectivity index (χ3v) is 6.26. The fourth-order valence-corrected chi connectivity index (χ4v) is 4.53. The smallest absolute Gasteiger partial charge is 0.276 e. The van der Waals surface area contributed by atoms with Gasteiger partial charge >= 0.3 is 0 Å². The van der Waals surface area contributed by atoms with Crippen LogP contribution in [0, 0.1) is 0 Å². The van der Waals surface area contributed by atoms with E-state index in [1.807, 2.05) is 9.80 Å². The van der Waals surface area contributed by atoms with Crippen LogP contribution in [0.15, 0.2) is 16.8 Å². The van der Waals surface area contributed by atoms with Crippen molar-refractivity contribution in [3.05, 3.63) is 35.0 Å². The lowest BCUT2D eigenvalue weighted by Crippen LogP contribution is -2.38. The number of carbonyl (C=O) groups excluding carboxylic acids is 2. The summed E-state index contributed by atoms with van der Waals surface area (Å²) in [6, 6.07) is 1.75. The molecular formula is C22H31N5O3. The Bertz CT molecular complexity index is 858. The fourth-order valence-electron chi connectivity index (χ4n) is 4.53. The zero-order valence-electron chi connectivity index (χ0n) is 17.7. The van der Waals surface area contributed by atoms with Gasteiger partial charge in [-0.2, -0.15) is 5.10 Å². The number of piperidine rings is 1. The van der Waals surface area contributed by atoms with Gasteiger partial charge in [-0.05, 0) is 32.1 Å². The SMILES string of the molecule is CCCc1cc(C(=O)N2CCC(c3[nH]ncc3C(=O)N3CCCCCC3)CC2)no1. The lowest BCUT2D eigenvalue weighted by Gasteiger charge is -2.31. The maximum atomic E-state index is 13.1. The van der Waals surface area contributed by atoms with Crippen molar-refractivity contribution in [3.8, 4) is 0 Å². The molecule has 30 heavy (non-hydrogen) atoms. The molecule has 8 nitrogen and oxygen atoms in total. The summed E-state index contributed by atoms with van der Waals surface area (Å²) in [5.41, 5.74) is 2.00. The number of likely N-dealkylation sites (tertiary alicyclic amines) is 2. The first-order valence-corrected chi connectivity index (χ1v) is 11.2. The Balaban J connectivity index is 1.38. The van der Waals surface area contributed by atoms with Crippen LogP contribution in [0.4, 0.5) is 0 Å². The van der Waals surface area contributed by atoms with E-state index in [9.17, 15) is 9.59 Å². The molecule has 0 atom stereocenters. The number of hydrogen-bond acceptors (Lipinski definition) is 5. The number of nitrogens with zero attached hydrogens (tertiary/aromatic N) is 4. The van der Waals surface area contributed by atoms with E-state index in [1.165, 1.54) is 12.8 Å². The van der Waals surface area contributed by atoms with E-state index in [2.05, 4.69) is 22.3 Å². The van der Waals surface area contributed by atoms with Crippen LogP contribution >= 0.6 is 0 Å². The molecule has 2 fully saturated rings. The standard InChI is InChI=1S/C22H31N5O3/c1-2-7-17-14-19(25-30-17)22(29)27-12-8-16(9-13-27)20-18(15-23-24-20)21(28)26-10-5-3-4-6-11-26/h14-16H,2-13H2,1H3,(H,23,24). The van der Waals surface area contributed by atoms with Crippen LogP contribution in [-0.4, -0.2) is 63.1 Å². The molecule has 1 N–H and O–H groups in total. The first-order valence-electron chi connectivity index (χ1n) is 11.2. The maximum Gasteiger partial charge on any atom is 0.276 e. The zero-order valence-corrected chi connectivity index (χ0v) is 17.7. The number of amides is 2. The maximum absolute atomic E-state index is 13.1. The molecule has 0 spiro atoms. The van der Waals surface area contributed by atoms with Gasteiger partial charge in [0.1, 0.15) is 5.76 Å². The van der Waals surface area contributed by atoms with Gasteiger partial charge in [0.05, 0.1) is 17.5 Å². The largest absolute Gasteiger partial charge is 0.361 e. The van der Waals surface area contributed by atoms with Crippen LogP contribution in [0.5, 0.6) is 0 Å². The van der Waals surface area contributed by atoms with Crippen molar-refractivity contribution in [1.82, 2.24) is 25.2 Å². The van der Waals surface area contributed by atoms with Crippen molar-refractivity contribution in [2.75, 3.05) is 26.2 Å². The highest BCUT2D eigenvalue weighted by molar-refractivity contribution is 5.95. The number of hydrogen-bond donors (Lipinski definition) is 1. The van der Waals surface area contributed by atoms with Crippen LogP contribution in [0.2, 0.25) is 0 Å². The van der Waals surface area contributed by atoms with E-state index < -0.39 is 0 Å². The molecule has 2 aliphatic rings. The van der Waals surface area contributed by atoms with Crippen molar-refractivity contribution in [1.29, 1.82) is 0 Å². The molecule has 2 saturated heterocycles. The van der Waals surface area contributed by atoms with Gasteiger partial charge in [0, 0.05) is 44.6 Å². The van der Waals surface area contributed by atoms with Crippen LogP contribution in [0.25, 0.3) is 0 Å². The van der Waals surface area contributed by atoms with E-state index in [1.54, 1.807) is 12.3 Å². The highest BCUT2D eigenvalue weighted by Crippen LogP contribution is 2.30. The van der Waals surface area contributed by atoms with Crippen molar-refractivity contribution in [2.45, 2.75) is 64.2 Å². The number of rotatable bonds is 5. The van der Waals surface area contributed by atoms with Crippen molar-refractivity contribution in [3.63, 3.8) is 0 Å². The predicted octanol–water partition coefficient (Wildman–Crippen LogP) is 3.39. The topological polar surface area (TPSA) is 95.3 Å². The van der Waals surface area contributed by atoms with Crippen LogP contribution in [-0.2, 0) is 6.42 Å². The quantitative estimate of drug-likeness (QED) is 0.811. The highest BCUT2D eigenvalue weighted by Gasteiger charge is 2.30. The van der Waals surface area contributed by atoms with Gasteiger partial charge in [0.2, 0.25) is 0 Å². The number of carbonyl (C=O) groups is 2. The van der Waals surface area contributed by atoms with Crippen LogP contribution in [0.1, 0.15) is 90.1 Å². The molecule has 8 heteroatoms. The first kappa shape index (κ1) is 20.6. The molecule has 0 radical (unpaired) electrons. The second-order valence-corrected chi connectivity index (χ2v) is 8.40. The molecule has 2 aromatic rings. The van der Waals surface area contributed by atoms with Gasteiger partial charge in [-0.1, -0.05) is 24.9 Å². The summed E-state index contributed by atoms with van der Waals surface area (Å²) >= 11 is 0. The number of H-pyrrole nitrogens is 1. The predicted molar refractivity (Wildman–Crippen MR) is 111 cm³/mol. The normalized spacial score (nSPS) is 18.4. The minimum absolute atomic E-state index is 0.0787. The van der Waals surface area contributed by atoms with Crippen LogP contribution in [0.3, 0.4) is 0 Å². The molecule has 4 heterocycles. The fraction of sp³-hybridized carbons (Fsp3) is 0.636. The number of nitrogens with one attached hydrogen (secondary N) is 1. The Morgan fingerprint density at radius 2 is 1.77 bits per heavy atom. The summed E-state index contributed by atoms with van der Waals surface area (Å²) in [6.45, 7) is 4.99. The summed E-state index contributed by atoms with van der Waals surface area (Å²) < 4.78 is 5.25. The summed E-state index contributed by atoms with van der Waals surface area (Å²) in [7, 11) is 0. The number of aromatic nitrogens is 3. The van der Waals surface area contributed by atoms with Gasteiger partial charge in [-0.3, -0.25) is 14.7 Å². The molecule has 162 valence electrons. The van der Waals surface area contributed by atoms with Gasteiger partial charge in [0.15, 0.2) is 5.69 Å². The minimum Gasteiger partial charge on any atom is -0.361 e. The average molecular weight is 414 g/mol. The Kier molecular flexibility index (Phi) is 6.50. The van der Waals surface area contributed by atoms with Crippen molar-refractivity contribution >= 4 is 11.8 Å². The zero-order chi connectivity index (χ0) is 20.9. The molecule has 0 unspecified atom stereocenters. The molecule has 0 aliphatic carbocycles. The average Bonchev–Trinajstić information content (AvgIpc) is 3.36.